The van der Waals surface area contributed by atoms with Crippen molar-refractivity contribution in [2.45, 2.75) is 115 Å². The topological polar surface area (TPSA) is 118 Å². The van der Waals surface area contributed by atoms with Crippen LogP contribution >= 0.6 is 0 Å². The second-order valence-electron chi connectivity index (χ2n) is 12.8. The number of fused-ring (bicyclic) bond motifs is 5. The van der Waals surface area contributed by atoms with Gasteiger partial charge in [0.1, 0.15) is 0 Å². The average Bonchev–Trinajstić information content (AvgIpc) is 3.00. The molecule has 3 saturated carbocycles. The molecule has 0 aromatic carbocycles. The summed E-state index contributed by atoms with van der Waals surface area (Å²) in [4.78, 5) is 13.2. The predicted octanol–water partition coefficient (Wildman–Crippen LogP) is 2.74. The highest BCUT2D eigenvalue weighted by atomic mass is 16.3. The van der Waals surface area contributed by atoms with Crippen molar-refractivity contribution >= 4 is 5.78 Å². The second-order valence-corrected chi connectivity index (χ2v) is 12.8. The lowest BCUT2D eigenvalue weighted by Crippen LogP contribution is -2.62. The molecule has 0 aromatic heterocycles. The molecule has 0 spiro atoms. The van der Waals surface area contributed by atoms with Gasteiger partial charge >= 0.3 is 0 Å². The largest absolute Gasteiger partial charge is 0.390 e. The Morgan fingerprint density at radius 2 is 1.76 bits per heavy atom. The summed E-state index contributed by atoms with van der Waals surface area (Å²) in [6, 6.07) is 0. The van der Waals surface area contributed by atoms with Crippen molar-refractivity contribution in [3.63, 3.8) is 0 Å². The number of rotatable bonds is 5. The van der Waals surface area contributed by atoms with E-state index in [1.165, 1.54) is 0 Å². The Bertz CT molecular complexity index is 819. The van der Waals surface area contributed by atoms with Crippen molar-refractivity contribution in [2.24, 2.45) is 34.5 Å². The van der Waals surface area contributed by atoms with E-state index < -0.39 is 40.3 Å². The van der Waals surface area contributed by atoms with Gasteiger partial charge < -0.3 is 25.5 Å². The molecule has 0 bridgehead atoms. The van der Waals surface area contributed by atoms with Crippen molar-refractivity contribution in [1.29, 1.82) is 0 Å². The van der Waals surface area contributed by atoms with Crippen molar-refractivity contribution in [1.82, 2.24) is 0 Å². The highest BCUT2D eigenvalue weighted by Crippen LogP contribution is 2.68. The Balaban J connectivity index is 1.68. The van der Waals surface area contributed by atoms with Crippen LogP contribution < -0.4 is 0 Å². The van der Waals surface area contributed by atoms with Crippen LogP contribution in [0.3, 0.4) is 0 Å². The number of aliphatic hydroxyl groups is 5. The van der Waals surface area contributed by atoms with E-state index in [2.05, 4.69) is 13.8 Å². The fourth-order valence-electron chi connectivity index (χ4n) is 8.32. The van der Waals surface area contributed by atoms with Crippen LogP contribution in [0.25, 0.3) is 0 Å². The molecule has 0 aliphatic heterocycles. The Labute approximate surface area is 198 Å². The standard InChI is InChI=1S/C27H44O6/c1-15(2)6-7-23(31)26(5,32)22-9-11-27(33)17-12-19(28)18-13-20(29)21(30)14-24(18,3)16(17)8-10-25(22,27)4/h12,15-16,18,20-23,29-33H,6-11,13-14H2,1-5H3/t16?,18?,20?,21?,22?,23?,24-,25-,26-,27-/m1/s1. The Kier molecular flexibility index (Phi) is 6.23. The monoisotopic (exact) mass is 464 g/mol. The van der Waals surface area contributed by atoms with E-state index in [0.717, 1.165) is 18.4 Å². The number of carbonyl (C=O) groups excluding carboxylic acids is 1. The summed E-state index contributed by atoms with van der Waals surface area (Å²) in [6.45, 7) is 9.96. The molecule has 6 nitrogen and oxygen atoms in total. The van der Waals surface area contributed by atoms with E-state index in [1.807, 2.05) is 13.8 Å². The van der Waals surface area contributed by atoms with Gasteiger partial charge in [-0.15, -0.1) is 0 Å². The van der Waals surface area contributed by atoms with Gasteiger partial charge in [-0.1, -0.05) is 27.7 Å². The van der Waals surface area contributed by atoms with Gasteiger partial charge in [-0.3, -0.25) is 4.79 Å². The molecular weight excluding hydrogens is 420 g/mol. The van der Waals surface area contributed by atoms with Gasteiger partial charge in [-0.05, 0) is 93.1 Å². The summed E-state index contributed by atoms with van der Waals surface area (Å²) in [5.41, 5.74) is -2.98. The Morgan fingerprint density at radius 3 is 2.39 bits per heavy atom. The van der Waals surface area contributed by atoms with Crippen LogP contribution in [0.4, 0.5) is 0 Å². The van der Waals surface area contributed by atoms with Crippen LogP contribution in [0.5, 0.6) is 0 Å². The van der Waals surface area contributed by atoms with E-state index >= 15 is 0 Å². The molecule has 3 fully saturated rings. The number of allylic oxidation sites excluding steroid dienone is 1. The molecule has 6 heteroatoms. The Morgan fingerprint density at radius 1 is 1.09 bits per heavy atom. The lowest BCUT2D eigenvalue weighted by Gasteiger charge is -2.60. The molecular formula is C27H44O6. The summed E-state index contributed by atoms with van der Waals surface area (Å²) in [7, 11) is 0. The van der Waals surface area contributed by atoms with E-state index in [1.54, 1.807) is 13.0 Å². The SMILES string of the molecule is CC(C)CCC(O)[C@](C)(O)C1CC[C@@]2(O)C3=CC(=O)C4CC(O)C(O)C[C@]4(C)C3CC[C@]12C. The molecule has 0 aromatic rings. The zero-order valence-corrected chi connectivity index (χ0v) is 20.9. The third-order valence-electron chi connectivity index (χ3n) is 10.5. The summed E-state index contributed by atoms with van der Waals surface area (Å²) >= 11 is 0. The van der Waals surface area contributed by atoms with Gasteiger partial charge in [0.15, 0.2) is 5.78 Å². The number of aliphatic hydroxyl groups excluding tert-OH is 3. The minimum absolute atomic E-state index is 0.0463. The normalized spacial score (nSPS) is 47.9. The van der Waals surface area contributed by atoms with E-state index in [0.29, 0.717) is 38.0 Å². The molecule has 0 saturated heterocycles. The fraction of sp³-hybridized carbons (Fsp3) is 0.889. The lowest BCUT2D eigenvalue weighted by molar-refractivity contribution is -0.176. The predicted molar refractivity (Wildman–Crippen MR) is 125 cm³/mol. The zero-order valence-electron chi connectivity index (χ0n) is 20.9. The van der Waals surface area contributed by atoms with Crippen LogP contribution in [0.1, 0.15) is 86.0 Å². The van der Waals surface area contributed by atoms with Crippen LogP contribution in [0, 0.1) is 34.5 Å². The molecule has 6 unspecified atom stereocenters. The fourth-order valence-corrected chi connectivity index (χ4v) is 8.32. The third kappa shape index (κ3) is 3.58. The van der Waals surface area contributed by atoms with Crippen molar-refractivity contribution in [3.8, 4) is 0 Å². The molecule has 4 rings (SSSR count). The quantitative estimate of drug-likeness (QED) is 0.427. The Hall–Kier alpha value is -0.790. The summed E-state index contributed by atoms with van der Waals surface area (Å²) < 4.78 is 0. The first kappa shape index (κ1) is 25.3. The molecule has 0 radical (unpaired) electrons. The van der Waals surface area contributed by atoms with Gasteiger partial charge in [0.25, 0.3) is 0 Å². The number of hydrogen-bond acceptors (Lipinski definition) is 6. The minimum atomic E-state index is -1.34. The molecule has 188 valence electrons. The molecule has 10 atom stereocenters. The second kappa shape index (κ2) is 8.12. The van der Waals surface area contributed by atoms with E-state index in [4.69, 9.17) is 0 Å². The molecule has 0 amide bonds. The van der Waals surface area contributed by atoms with E-state index in [-0.39, 0.29) is 30.0 Å². The number of hydrogen-bond donors (Lipinski definition) is 5. The highest BCUT2D eigenvalue weighted by Gasteiger charge is 2.69. The number of ketones is 1. The van der Waals surface area contributed by atoms with Crippen LogP contribution in [0.15, 0.2) is 11.6 Å². The lowest BCUT2D eigenvalue weighted by atomic mass is 9.45. The molecule has 4 aliphatic carbocycles. The van der Waals surface area contributed by atoms with Gasteiger partial charge in [-0.25, -0.2) is 0 Å². The first-order valence-electron chi connectivity index (χ1n) is 12.9. The van der Waals surface area contributed by atoms with E-state index in [9.17, 15) is 30.3 Å². The third-order valence-corrected chi connectivity index (χ3v) is 10.5. The van der Waals surface area contributed by atoms with Gasteiger partial charge in [-0.2, -0.15) is 0 Å². The zero-order chi connectivity index (χ0) is 24.6. The average molecular weight is 465 g/mol. The molecule has 5 N–H and O–H groups in total. The first-order chi connectivity index (χ1) is 15.2. The summed E-state index contributed by atoms with van der Waals surface area (Å²) in [5, 5.41) is 55.4. The van der Waals surface area contributed by atoms with Crippen LogP contribution in [-0.4, -0.2) is 60.8 Å². The molecule has 33 heavy (non-hydrogen) atoms. The van der Waals surface area contributed by atoms with Crippen molar-refractivity contribution in [2.75, 3.05) is 0 Å². The maximum Gasteiger partial charge on any atom is 0.159 e. The smallest absolute Gasteiger partial charge is 0.159 e. The van der Waals surface area contributed by atoms with Crippen LogP contribution in [-0.2, 0) is 4.79 Å². The van der Waals surface area contributed by atoms with Crippen LogP contribution in [0.2, 0.25) is 0 Å². The van der Waals surface area contributed by atoms with Crippen molar-refractivity contribution in [3.05, 3.63) is 11.6 Å². The maximum atomic E-state index is 13.2. The number of carbonyl (C=O) groups is 1. The summed E-state index contributed by atoms with van der Waals surface area (Å²) in [5.74, 6) is -0.331. The highest BCUT2D eigenvalue weighted by molar-refractivity contribution is 5.95. The van der Waals surface area contributed by atoms with Crippen molar-refractivity contribution < 1.29 is 30.3 Å². The minimum Gasteiger partial charge on any atom is -0.390 e. The van der Waals surface area contributed by atoms with Gasteiger partial charge in [0.2, 0.25) is 0 Å². The van der Waals surface area contributed by atoms with Gasteiger partial charge in [0.05, 0.1) is 29.5 Å². The molecule has 0 heterocycles. The summed E-state index contributed by atoms with van der Waals surface area (Å²) in [6.07, 6.45) is 3.39. The maximum absolute atomic E-state index is 13.2. The first-order valence-corrected chi connectivity index (χ1v) is 12.9. The van der Waals surface area contributed by atoms with Gasteiger partial charge in [0, 0.05) is 11.3 Å². The molecule has 4 aliphatic rings.